The van der Waals surface area contributed by atoms with Gasteiger partial charge in [0.25, 0.3) is 0 Å². The van der Waals surface area contributed by atoms with Crippen LogP contribution in [0.3, 0.4) is 0 Å². The van der Waals surface area contributed by atoms with E-state index in [1.54, 1.807) is 0 Å². The minimum absolute atomic E-state index is 0.339. The van der Waals surface area contributed by atoms with Crippen molar-refractivity contribution in [1.82, 2.24) is 4.90 Å². The summed E-state index contributed by atoms with van der Waals surface area (Å²) in [7, 11) is 1.99. The zero-order valence-electron chi connectivity index (χ0n) is 8.02. The lowest BCUT2D eigenvalue weighted by atomic mass is 9.90. The van der Waals surface area contributed by atoms with Crippen molar-refractivity contribution in [2.45, 2.75) is 27.2 Å². The monoisotopic (exact) mass is 154 g/mol. The third kappa shape index (κ3) is 4.80. The summed E-state index contributed by atoms with van der Waals surface area (Å²) in [4.78, 5) is 2.06. The Morgan fingerprint density at radius 3 is 2.36 bits per heavy atom. The van der Waals surface area contributed by atoms with E-state index in [4.69, 9.17) is 5.26 Å². The van der Waals surface area contributed by atoms with E-state index in [2.05, 4.69) is 31.7 Å². The fourth-order valence-corrected chi connectivity index (χ4v) is 1.02. The van der Waals surface area contributed by atoms with E-state index in [1.807, 2.05) is 7.05 Å². The molecule has 0 saturated carbocycles. The van der Waals surface area contributed by atoms with Crippen LogP contribution in [0, 0.1) is 16.7 Å². The van der Waals surface area contributed by atoms with Crippen LogP contribution in [0.25, 0.3) is 0 Å². The summed E-state index contributed by atoms with van der Waals surface area (Å²) in [5.41, 5.74) is 0.339. The first-order valence-electron chi connectivity index (χ1n) is 4.07. The summed E-state index contributed by atoms with van der Waals surface area (Å²) in [5, 5.41) is 8.41. The molecule has 0 radical (unpaired) electrons. The third-order valence-electron chi connectivity index (χ3n) is 2.00. The van der Waals surface area contributed by atoms with Crippen molar-refractivity contribution in [2.75, 3.05) is 20.1 Å². The number of hydrogen-bond donors (Lipinski definition) is 0. The quantitative estimate of drug-likeness (QED) is 0.578. The fourth-order valence-electron chi connectivity index (χ4n) is 1.02. The normalized spacial score (nSPS) is 11.6. The van der Waals surface area contributed by atoms with Gasteiger partial charge in [0.05, 0.1) is 12.6 Å². The highest BCUT2D eigenvalue weighted by Gasteiger charge is 2.16. The number of hydrogen-bond acceptors (Lipinski definition) is 2. The van der Waals surface area contributed by atoms with Crippen molar-refractivity contribution in [2.24, 2.45) is 5.41 Å². The van der Waals surface area contributed by atoms with E-state index >= 15 is 0 Å². The predicted octanol–water partition coefficient (Wildman–Crippen LogP) is 1.88. The van der Waals surface area contributed by atoms with Gasteiger partial charge in [-0.05, 0) is 18.9 Å². The SMILES string of the molecule is CCC(C)(C)CN(C)CC#N. The van der Waals surface area contributed by atoms with E-state index in [0.717, 1.165) is 13.0 Å². The van der Waals surface area contributed by atoms with Crippen molar-refractivity contribution >= 4 is 0 Å². The molecular formula is C9H18N2. The number of rotatable bonds is 4. The largest absolute Gasteiger partial charge is 0.293 e. The maximum absolute atomic E-state index is 8.41. The Bertz CT molecular complexity index is 144. The average Bonchev–Trinajstić information content (AvgIpc) is 1.87. The molecular weight excluding hydrogens is 136 g/mol. The van der Waals surface area contributed by atoms with Crippen molar-refractivity contribution in [3.05, 3.63) is 0 Å². The van der Waals surface area contributed by atoms with Crippen LogP contribution in [0.5, 0.6) is 0 Å². The molecule has 0 bridgehead atoms. The summed E-state index contributed by atoms with van der Waals surface area (Å²) < 4.78 is 0. The highest BCUT2D eigenvalue weighted by atomic mass is 15.1. The minimum Gasteiger partial charge on any atom is -0.293 e. The Kier molecular flexibility index (Phi) is 4.14. The first kappa shape index (κ1) is 10.4. The van der Waals surface area contributed by atoms with Crippen LogP contribution in [-0.2, 0) is 0 Å². The molecule has 64 valence electrons. The number of nitriles is 1. The lowest BCUT2D eigenvalue weighted by Crippen LogP contribution is -2.31. The van der Waals surface area contributed by atoms with Gasteiger partial charge in [-0.3, -0.25) is 4.90 Å². The third-order valence-corrected chi connectivity index (χ3v) is 2.00. The van der Waals surface area contributed by atoms with Crippen LogP contribution in [0.4, 0.5) is 0 Å². The van der Waals surface area contributed by atoms with Crippen LogP contribution < -0.4 is 0 Å². The van der Waals surface area contributed by atoms with Crippen molar-refractivity contribution < 1.29 is 0 Å². The Balaban J connectivity index is 3.75. The molecule has 0 unspecified atom stereocenters. The molecule has 0 aromatic carbocycles. The van der Waals surface area contributed by atoms with E-state index in [9.17, 15) is 0 Å². The molecule has 2 heteroatoms. The molecule has 0 aliphatic rings. The van der Waals surface area contributed by atoms with Crippen LogP contribution in [0.15, 0.2) is 0 Å². The lowest BCUT2D eigenvalue weighted by molar-refractivity contribution is 0.220. The lowest BCUT2D eigenvalue weighted by Gasteiger charge is -2.27. The predicted molar refractivity (Wildman–Crippen MR) is 47.2 cm³/mol. The Morgan fingerprint density at radius 1 is 1.45 bits per heavy atom. The second-order valence-electron chi connectivity index (χ2n) is 3.85. The molecule has 0 spiro atoms. The topological polar surface area (TPSA) is 27.0 Å². The van der Waals surface area contributed by atoms with Gasteiger partial charge in [0.1, 0.15) is 0 Å². The zero-order valence-corrected chi connectivity index (χ0v) is 8.02. The molecule has 0 aromatic rings. The van der Waals surface area contributed by atoms with Gasteiger partial charge in [-0.15, -0.1) is 0 Å². The van der Waals surface area contributed by atoms with Gasteiger partial charge in [-0.1, -0.05) is 20.8 Å². The molecule has 11 heavy (non-hydrogen) atoms. The molecule has 0 atom stereocenters. The molecule has 0 fully saturated rings. The Morgan fingerprint density at radius 2 is 2.00 bits per heavy atom. The maximum Gasteiger partial charge on any atom is 0.0863 e. The van der Waals surface area contributed by atoms with Gasteiger partial charge < -0.3 is 0 Å². The summed E-state index contributed by atoms with van der Waals surface area (Å²) in [5.74, 6) is 0. The highest BCUT2D eigenvalue weighted by molar-refractivity contribution is 4.78. The fraction of sp³-hybridized carbons (Fsp3) is 0.889. The second-order valence-corrected chi connectivity index (χ2v) is 3.85. The molecule has 0 aromatic heterocycles. The summed E-state index contributed by atoms with van der Waals surface area (Å²) in [6, 6.07) is 2.14. The minimum atomic E-state index is 0.339. The van der Waals surface area contributed by atoms with E-state index in [1.165, 1.54) is 0 Å². The van der Waals surface area contributed by atoms with Gasteiger partial charge in [0.2, 0.25) is 0 Å². The molecule has 0 aliphatic carbocycles. The molecule has 0 aliphatic heterocycles. The summed E-state index contributed by atoms with van der Waals surface area (Å²) >= 11 is 0. The Labute approximate surface area is 69.8 Å². The van der Waals surface area contributed by atoms with Crippen molar-refractivity contribution in [1.29, 1.82) is 5.26 Å². The van der Waals surface area contributed by atoms with Crippen molar-refractivity contribution in [3.8, 4) is 6.07 Å². The standard InChI is InChI=1S/C9H18N2/c1-5-9(2,3)8-11(4)7-6-10/h5,7-8H2,1-4H3. The first-order chi connectivity index (χ1) is 5.02. The first-order valence-corrected chi connectivity index (χ1v) is 4.07. The maximum atomic E-state index is 8.41. The van der Waals surface area contributed by atoms with E-state index in [0.29, 0.717) is 12.0 Å². The van der Waals surface area contributed by atoms with E-state index < -0.39 is 0 Å². The highest BCUT2D eigenvalue weighted by Crippen LogP contribution is 2.19. The molecule has 0 rings (SSSR count). The van der Waals surface area contributed by atoms with Gasteiger partial charge in [-0.25, -0.2) is 0 Å². The molecule has 0 heterocycles. The van der Waals surface area contributed by atoms with Crippen molar-refractivity contribution in [3.63, 3.8) is 0 Å². The Hall–Kier alpha value is -0.550. The second kappa shape index (κ2) is 4.35. The van der Waals surface area contributed by atoms with Gasteiger partial charge in [0, 0.05) is 6.54 Å². The van der Waals surface area contributed by atoms with Crippen LogP contribution in [-0.4, -0.2) is 25.0 Å². The number of nitrogens with zero attached hydrogens (tertiary/aromatic N) is 2. The van der Waals surface area contributed by atoms with Crippen LogP contribution in [0.1, 0.15) is 27.2 Å². The molecule has 0 N–H and O–H groups in total. The molecule has 2 nitrogen and oxygen atoms in total. The van der Waals surface area contributed by atoms with Crippen LogP contribution >= 0.6 is 0 Å². The van der Waals surface area contributed by atoms with E-state index in [-0.39, 0.29) is 0 Å². The molecule has 0 saturated heterocycles. The summed E-state index contributed by atoms with van der Waals surface area (Å²) in [6.45, 7) is 8.16. The van der Waals surface area contributed by atoms with Crippen LogP contribution in [0.2, 0.25) is 0 Å². The summed E-state index contributed by atoms with van der Waals surface area (Å²) in [6.07, 6.45) is 1.16. The molecule has 0 amide bonds. The van der Waals surface area contributed by atoms with Gasteiger partial charge in [-0.2, -0.15) is 5.26 Å². The smallest absolute Gasteiger partial charge is 0.0863 e. The average molecular weight is 154 g/mol. The zero-order chi connectivity index (χ0) is 8.91. The van der Waals surface area contributed by atoms with Gasteiger partial charge >= 0.3 is 0 Å². The van der Waals surface area contributed by atoms with Gasteiger partial charge in [0.15, 0.2) is 0 Å².